The molecule has 0 unspecified atom stereocenters. The lowest BCUT2D eigenvalue weighted by Crippen LogP contribution is -2.35. The second-order valence-corrected chi connectivity index (χ2v) is 5.04. The summed E-state index contributed by atoms with van der Waals surface area (Å²) >= 11 is 2.07. The second-order valence-electron chi connectivity index (χ2n) is 3.82. The van der Waals surface area contributed by atoms with Crippen molar-refractivity contribution in [1.29, 1.82) is 0 Å². The lowest BCUT2D eigenvalue weighted by molar-refractivity contribution is -0.702. The standard InChI is InChI=1S/C12H22N2S/c1-3-8-14-9-7-13-12(14)6-5-11-15-10-4-2/h7,9H,3-6,8,10-11H2,1-2H3/p+1. The van der Waals surface area contributed by atoms with Gasteiger partial charge in [0.15, 0.2) is 0 Å². The number of H-pyrrole nitrogens is 1. The van der Waals surface area contributed by atoms with E-state index in [4.69, 9.17) is 0 Å². The highest BCUT2D eigenvalue weighted by Gasteiger charge is 2.08. The fraction of sp³-hybridized carbons (Fsp3) is 0.750. The molecule has 0 radical (unpaired) electrons. The zero-order valence-electron chi connectivity index (χ0n) is 9.96. The summed E-state index contributed by atoms with van der Waals surface area (Å²) in [7, 11) is 0. The normalized spacial score (nSPS) is 10.8. The van der Waals surface area contributed by atoms with Crippen LogP contribution in [0.2, 0.25) is 0 Å². The molecule has 15 heavy (non-hydrogen) atoms. The van der Waals surface area contributed by atoms with Gasteiger partial charge in [0.05, 0.1) is 6.54 Å². The number of nitrogens with zero attached hydrogens (tertiary/aromatic N) is 1. The molecule has 1 N–H and O–H groups in total. The molecular formula is C12H23N2S+. The first-order chi connectivity index (χ1) is 7.38. The maximum Gasteiger partial charge on any atom is 0.254 e. The maximum atomic E-state index is 3.34. The largest absolute Gasteiger partial charge is 0.254 e. The van der Waals surface area contributed by atoms with Crippen molar-refractivity contribution in [2.75, 3.05) is 11.5 Å². The lowest BCUT2D eigenvalue weighted by atomic mass is 10.3. The number of aromatic amines is 1. The highest BCUT2D eigenvalue weighted by atomic mass is 32.2. The Bertz CT molecular complexity index is 258. The predicted molar refractivity (Wildman–Crippen MR) is 67.2 cm³/mol. The van der Waals surface area contributed by atoms with Gasteiger partial charge in [-0.1, -0.05) is 13.8 Å². The van der Waals surface area contributed by atoms with Crippen LogP contribution in [0.25, 0.3) is 0 Å². The molecule has 0 amide bonds. The second kappa shape index (κ2) is 7.80. The first-order valence-corrected chi connectivity index (χ1v) is 7.17. The van der Waals surface area contributed by atoms with Gasteiger partial charge in [0.1, 0.15) is 12.4 Å². The number of nitrogens with one attached hydrogen (secondary N) is 1. The molecule has 0 saturated carbocycles. The summed E-state index contributed by atoms with van der Waals surface area (Å²) in [5.74, 6) is 3.98. The summed E-state index contributed by atoms with van der Waals surface area (Å²) in [4.78, 5) is 3.34. The summed E-state index contributed by atoms with van der Waals surface area (Å²) in [5, 5.41) is 0. The smallest absolute Gasteiger partial charge is 0.248 e. The molecule has 1 aromatic rings. The van der Waals surface area contributed by atoms with E-state index in [-0.39, 0.29) is 0 Å². The molecule has 0 fully saturated rings. The van der Waals surface area contributed by atoms with E-state index in [0.29, 0.717) is 0 Å². The molecule has 2 nitrogen and oxygen atoms in total. The van der Waals surface area contributed by atoms with Crippen molar-refractivity contribution in [2.24, 2.45) is 0 Å². The van der Waals surface area contributed by atoms with E-state index in [2.05, 4.69) is 41.4 Å². The quantitative estimate of drug-likeness (QED) is 0.535. The molecule has 0 aromatic carbocycles. The SMILES string of the molecule is CCCSCCCc1[nH]cc[n+]1CCC. The first kappa shape index (κ1) is 12.6. The first-order valence-electron chi connectivity index (χ1n) is 6.02. The number of hydrogen-bond donors (Lipinski definition) is 1. The molecule has 1 aromatic heterocycles. The fourth-order valence-corrected chi connectivity index (χ4v) is 2.49. The summed E-state index contributed by atoms with van der Waals surface area (Å²) in [6, 6.07) is 0. The van der Waals surface area contributed by atoms with Crippen molar-refractivity contribution in [3.8, 4) is 0 Å². The van der Waals surface area contributed by atoms with Crippen LogP contribution in [-0.4, -0.2) is 16.5 Å². The van der Waals surface area contributed by atoms with E-state index in [1.807, 2.05) is 6.20 Å². The maximum absolute atomic E-state index is 3.34. The average molecular weight is 227 g/mol. The zero-order valence-corrected chi connectivity index (χ0v) is 10.8. The van der Waals surface area contributed by atoms with Crippen LogP contribution >= 0.6 is 11.8 Å². The van der Waals surface area contributed by atoms with Gasteiger partial charge in [0, 0.05) is 6.42 Å². The monoisotopic (exact) mass is 227 g/mol. The zero-order chi connectivity index (χ0) is 10.9. The van der Waals surface area contributed by atoms with Crippen molar-refractivity contribution in [2.45, 2.75) is 46.1 Å². The topological polar surface area (TPSA) is 19.7 Å². The fourth-order valence-electron chi connectivity index (χ4n) is 1.65. The molecule has 0 atom stereocenters. The Labute approximate surface area is 97.5 Å². The molecule has 1 rings (SSSR count). The van der Waals surface area contributed by atoms with Crippen LogP contribution in [0.5, 0.6) is 0 Å². The van der Waals surface area contributed by atoms with Gasteiger partial charge in [0.25, 0.3) is 5.82 Å². The van der Waals surface area contributed by atoms with Crippen LogP contribution in [0.15, 0.2) is 12.4 Å². The summed E-state index contributed by atoms with van der Waals surface area (Å²) in [5.41, 5.74) is 0. The molecule has 86 valence electrons. The number of imidazole rings is 1. The van der Waals surface area contributed by atoms with Crippen LogP contribution in [0.3, 0.4) is 0 Å². The Morgan fingerprint density at radius 2 is 2.13 bits per heavy atom. The molecule has 1 heterocycles. The van der Waals surface area contributed by atoms with E-state index in [1.165, 1.54) is 43.0 Å². The molecule has 0 bridgehead atoms. The highest BCUT2D eigenvalue weighted by molar-refractivity contribution is 7.99. The van der Waals surface area contributed by atoms with Crippen LogP contribution in [0, 0.1) is 0 Å². The Kier molecular flexibility index (Phi) is 6.57. The van der Waals surface area contributed by atoms with Crippen molar-refractivity contribution in [3.63, 3.8) is 0 Å². The molecule has 0 saturated heterocycles. The van der Waals surface area contributed by atoms with Gasteiger partial charge in [-0.25, -0.2) is 9.55 Å². The van der Waals surface area contributed by atoms with Crippen LogP contribution in [-0.2, 0) is 13.0 Å². The molecule has 0 spiro atoms. The van der Waals surface area contributed by atoms with Gasteiger partial charge >= 0.3 is 0 Å². The Hall–Kier alpha value is -0.440. The lowest BCUT2D eigenvalue weighted by Gasteiger charge is -1.99. The van der Waals surface area contributed by atoms with Gasteiger partial charge in [-0.3, -0.25) is 0 Å². The van der Waals surface area contributed by atoms with Crippen LogP contribution in [0.1, 0.15) is 38.9 Å². The number of thioether (sulfide) groups is 1. The third-order valence-corrected chi connectivity index (χ3v) is 3.64. The molecule has 0 aliphatic heterocycles. The molecular weight excluding hydrogens is 204 g/mol. The van der Waals surface area contributed by atoms with Crippen LogP contribution < -0.4 is 4.57 Å². The number of aromatic nitrogens is 2. The van der Waals surface area contributed by atoms with Crippen molar-refractivity contribution in [3.05, 3.63) is 18.2 Å². The molecule has 3 heteroatoms. The predicted octanol–water partition coefficient (Wildman–Crippen LogP) is 2.79. The van der Waals surface area contributed by atoms with Crippen molar-refractivity contribution >= 4 is 11.8 Å². The van der Waals surface area contributed by atoms with Crippen LogP contribution in [0.4, 0.5) is 0 Å². The molecule has 0 aliphatic rings. The minimum atomic E-state index is 1.14. The third kappa shape index (κ3) is 4.74. The van der Waals surface area contributed by atoms with E-state index >= 15 is 0 Å². The minimum Gasteiger partial charge on any atom is -0.248 e. The summed E-state index contributed by atoms with van der Waals surface area (Å²) < 4.78 is 2.34. The number of rotatable bonds is 8. The summed E-state index contributed by atoms with van der Waals surface area (Å²) in [6.45, 7) is 5.61. The van der Waals surface area contributed by atoms with Gasteiger partial charge in [-0.05, 0) is 30.8 Å². The Morgan fingerprint density at radius 1 is 1.27 bits per heavy atom. The highest BCUT2D eigenvalue weighted by Crippen LogP contribution is 2.06. The third-order valence-electron chi connectivity index (χ3n) is 2.37. The van der Waals surface area contributed by atoms with E-state index in [0.717, 1.165) is 6.54 Å². The molecule has 0 aliphatic carbocycles. The van der Waals surface area contributed by atoms with E-state index in [9.17, 15) is 0 Å². The van der Waals surface area contributed by atoms with Crippen molar-refractivity contribution < 1.29 is 4.57 Å². The van der Waals surface area contributed by atoms with Gasteiger partial charge in [0.2, 0.25) is 0 Å². The number of aryl methyl sites for hydroxylation is 2. The number of hydrogen-bond acceptors (Lipinski definition) is 1. The Morgan fingerprint density at radius 3 is 2.87 bits per heavy atom. The van der Waals surface area contributed by atoms with E-state index < -0.39 is 0 Å². The van der Waals surface area contributed by atoms with Gasteiger partial charge in [-0.2, -0.15) is 11.8 Å². The average Bonchev–Trinajstić information content (AvgIpc) is 2.66. The minimum absolute atomic E-state index is 1.14. The van der Waals surface area contributed by atoms with Crippen molar-refractivity contribution in [1.82, 2.24) is 4.98 Å². The Balaban J connectivity index is 2.21. The summed E-state index contributed by atoms with van der Waals surface area (Å²) in [6.07, 6.45) is 9.17. The van der Waals surface area contributed by atoms with Gasteiger partial charge < -0.3 is 0 Å². The van der Waals surface area contributed by atoms with E-state index in [1.54, 1.807) is 0 Å². The van der Waals surface area contributed by atoms with Gasteiger partial charge in [-0.15, -0.1) is 0 Å².